The molecule has 0 radical (unpaired) electrons. The van der Waals surface area contributed by atoms with E-state index in [1.807, 2.05) is 4.68 Å². The van der Waals surface area contributed by atoms with Gasteiger partial charge in [-0.15, -0.1) is 10.2 Å². The van der Waals surface area contributed by atoms with Crippen molar-refractivity contribution in [2.45, 2.75) is 29.2 Å². The Bertz CT molecular complexity index is 1110. The fraction of sp³-hybridized carbons (Fsp3) is 0.333. The minimum absolute atomic E-state index is 0.0533. The van der Waals surface area contributed by atoms with Gasteiger partial charge in [-0.25, -0.2) is 13.5 Å². The number of nitrogens with zero attached hydrogens (tertiary/aromatic N) is 5. The van der Waals surface area contributed by atoms with Crippen molar-refractivity contribution in [3.8, 4) is 22.5 Å². The maximum atomic E-state index is 12.7. The second-order valence-corrected chi connectivity index (χ2v) is 9.38. The molecule has 0 aliphatic carbocycles. The average molecular weight is 422 g/mol. The molecule has 1 aliphatic rings. The molecule has 0 amide bonds. The Kier molecular flexibility index (Phi) is 4.93. The summed E-state index contributed by atoms with van der Waals surface area (Å²) in [6, 6.07) is 3.06. The number of nitrogens with two attached hydrogens (primary N) is 2. The molecule has 0 saturated heterocycles. The number of hydrogen-bond acceptors (Lipinski definition) is 9. The van der Waals surface area contributed by atoms with Crippen LogP contribution < -0.4 is 10.9 Å². The van der Waals surface area contributed by atoms with Gasteiger partial charge in [0, 0.05) is 29.9 Å². The molecule has 148 valence electrons. The van der Waals surface area contributed by atoms with E-state index in [1.54, 1.807) is 12.3 Å². The van der Waals surface area contributed by atoms with E-state index in [4.69, 9.17) is 10.9 Å². The molecule has 3 aromatic rings. The quantitative estimate of drug-likeness (QED) is 0.436. The van der Waals surface area contributed by atoms with E-state index >= 15 is 0 Å². The number of sulfone groups is 1. The zero-order valence-electron chi connectivity index (χ0n) is 14.7. The predicted octanol–water partition coefficient (Wildman–Crippen LogP) is -0.610. The molecule has 1 atom stereocenters. The van der Waals surface area contributed by atoms with E-state index in [0.717, 1.165) is 30.6 Å². The van der Waals surface area contributed by atoms with Crippen LogP contribution in [0.15, 0.2) is 28.1 Å². The monoisotopic (exact) mass is 422 g/mol. The number of tetrazole rings is 1. The van der Waals surface area contributed by atoms with E-state index in [2.05, 4.69) is 25.7 Å². The molecule has 0 saturated carbocycles. The smallest absolute Gasteiger partial charge is 0.203 e. The summed E-state index contributed by atoms with van der Waals surface area (Å²) in [5.74, 6) is -0.125. The largest absolute Gasteiger partial charge is 0.593 e. The van der Waals surface area contributed by atoms with Gasteiger partial charge in [0.2, 0.25) is 4.90 Å². The van der Waals surface area contributed by atoms with Gasteiger partial charge in [0.15, 0.2) is 15.7 Å². The molecule has 0 spiro atoms. The van der Waals surface area contributed by atoms with Crippen molar-refractivity contribution in [1.82, 2.24) is 30.4 Å². The maximum absolute atomic E-state index is 12.7. The van der Waals surface area contributed by atoms with Crippen molar-refractivity contribution in [2.75, 3.05) is 12.3 Å². The zero-order chi connectivity index (χ0) is 19.9. The lowest BCUT2D eigenvalue weighted by Crippen LogP contribution is -2.22. The van der Waals surface area contributed by atoms with E-state index in [-0.39, 0.29) is 33.5 Å². The third-order valence-electron chi connectivity index (χ3n) is 4.65. The molecule has 1 unspecified atom stereocenters. The van der Waals surface area contributed by atoms with Gasteiger partial charge >= 0.3 is 0 Å². The van der Waals surface area contributed by atoms with Gasteiger partial charge < -0.3 is 10.3 Å². The van der Waals surface area contributed by atoms with Crippen LogP contribution in [-0.2, 0) is 34.2 Å². The summed E-state index contributed by atoms with van der Waals surface area (Å²) in [4.78, 5) is -0.194. The highest BCUT2D eigenvalue weighted by Gasteiger charge is 2.33. The predicted molar refractivity (Wildman–Crippen MR) is 101 cm³/mol. The number of rotatable bonds is 6. The molecular weight excluding hydrogens is 404 g/mol. The summed E-state index contributed by atoms with van der Waals surface area (Å²) in [5.41, 5.74) is 8.16. The van der Waals surface area contributed by atoms with Gasteiger partial charge in [-0.3, -0.25) is 4.68 Å². The Labute approximate surface area is 163 Å². The Balaban J connectivity index is 2.04. The standard InChI is InChI=1S/C15H18N8O3S2/c16-5-7-28(25,26)12-4-3-9(10-8-18-23-6-1-2-11(10)23)13(14(12)27(17)24)15-19-21-22-20-15/h3-4,8H,1-2,5-7,16-17H2,(H,19,20,21,22). The number of hydrogen-bond donors (Lipinski definition) is 3. The normalized spacial score (nSPS) is 15.0. The summed E-state index contributed by atoms with van der Waals surface area (Å²) < 4.78 is 39.8. The average Bonchev–Trinajstić information content (AvgIpc) is 3.38. The van der Waals surface area contributed by atoms with Gasteiger partial charge in [0.1, 0.15) is 4.90 Å². The topological polar surface area (TPSA) is 182 Å². The molecule has 5 N–H and O–H groups in total. The van der Waals surface area contributed by atoms with Crippen LogP contribution in [0.4, 0.5) is 0 Å². The zero-order valence-corrected chi connectivity index (χ0v) is 16.3. The minimum atomic E-state index is -3.80. The van der Waals surface area contributed by atoms with Crippen LogP contribution in [-0.4, -0.2) is 55.7 Å². The first-order valence-electron chi connectivity index (χ1n) is 8.49. The molecule has 4 rings (SSSR count). The van der Waals surface area contributed by atoms with Crippen LogP contribution >= 0.6 is 0 Å². The number of aryl methyl sites for hydroxylation is 1. The van der Waals surface area contributed by atoms with Crippen LogP contribution in [0.1, 0.15) is 12.1 Å². The summed E-state index contributed by atoms with van der Waals surface area (Å²) in [6.45, 7) is 0.740. The second kappa shape index (κ2) is 7.25. The van der Waals surface area contributed by atoms with Gasteiger partial charge in [-0.05, 0) is 29.3 Å². The van der Waals surface area contributed by atoms with Gasteiger partial charge in [0.25, 0.3) is 0 Å². The second-order valence-electron chi connectivity index (χ2n) is 6.30. The SMILES string of the molecule is NCCS(=O)(=O)c1ccc(-c2cnn3c2CCC3)c(-c2nnn[nH]2)c1[S+](N)[O-]. The number of nitrogens with one attached hydrogen (secondary N) is 1. The first kappa shape index (κ1) is 19.0. The van der Waals surface area contributed by atoms with Crippen LogP contribution in [0.3, 0.4) is 0 Å². The lowest BCUT2D eigenvalue weighted by atomic mass is 9.98. The van der Waals surface area contributed by atoms with Crippen molar-refractivity contribution in [1.29, 1.82) is 0 Å². The van der Waals surface area contributed by atoms with Crippen molar-refractivity contribution in [2.24, 2.45) is 10.9 Å². The first-order chi connectivity index (χ1) is 13.4. The highest BCUT2D eigenvalue weighted by molar-refractivity contribution is 7.93. The highest BCUT2D eigenvalue weighted by Crippen LogP contribution is 2.40. The van der Waals surface area contributed by atoms with Crippen molar-refractivity contribution >= 4 is 21.2 Å². The molecular formula is C15H18N8O3S2. The fourth-order valence-electron chi connectivity index (χ4n) is 3.49. The molecule has 11 nitrogen and oxygen atoms in total. The number of fused-ring (bicyclic) bond motifs is 1. The van der Waals surface area contributed by atoms with Crippen LogP contribution in [0.2, 0.25) is 0 Å². The molecule has 1 aromatic carbocycles. The molecule has 0 fully saturated rings. The van der Waals surface area contributed by atoms with Gasteiger partial charge in [0.05, 0.1) is 28.9 Å². The summed E-state index contributed by atoms with van der Waals surface area (Å²) in [7, 11) is -3.80. The van der Waals surface area contributed by atoms with E-state index < -0.39 is 21.2 Å². The third kappa shape index (κ3) is 3.10. The van der Waals surface area contributed by atoms with Gasteiger partial charge in [-0.2, -0.15) is 5.10 Å². The van der Waals surface area contributed by atoms with E-state index in [9.17, 15) is 13.0 Å². The van der Waals surface area contributed by atoms with Crippen molar-refractivity contribution in [3.63, 3.8) is 0 Å². The van der Waals surface area contributed by atoms with Crippen LogP contribution in [0, 0.1) is 0 Å². The fourth-order valence-corrected chi connectivity index (χ4v) is 5.98. The highest BCUT2D eigenvalue weighted by atomic mass is 32.2. The first-order valence-corrected chi connectivity index (χ1v) is 11.4. The van der Waals surface area contributed by atoms with Crippen molar-refractivity contribution in [3.05, 3.63) is 24.0 Å². The summed E-state index contributed by atoms with van der Waals surface area (Å²) >= 11 is -2.12. The lowest BCUT2D eigenvalue weighted by Gasteiger charge is -2.16. The summed E-state index contributed by atoms with van der Waals surface area (Å²) in [6.07, 6.45) is 3.50. The number of aromatic nitrogens is 6. The molecule has 13 heteroatoms. The molecule has 28 heavy (non-hydrogen) atoms. The number of benzene rings is 1. The Morgan fingerprint density at radius 2 is 2.14 bits per heavy atom. The van der Waals surface area contributed by atoms with Crippen LogP contribution in [0.25, 0.3) is 22.5 Å². The Morgan fingerprint density at radius 3 is 2.82 bits per heavy atom. The Hall–Kier alpha value is -2.32. The maximum Gasteiger partial charge on any atom is 0.203 e. The summed E-state index contributed by atoms with van der Waals surface area (Å²) in [5, 5.41) is 23.8. The lowest BCUT2D eigenvalue weighted by molar-refractivity contribution is 0.583. The van der Waals surface area contributed by atoms with Crippen molar-refractivity contribution < 1.29 is 13.0 Å². The molecule has 2 aromatic heterocycles. The third-order valence-corrected chi connectivity index (χ3v) is 7.39. The van der Waals surface area contributed by atoms with Gasteiger partial charge in [-0.1, -0.05) is 6.07 Å². The minimum Gasteiger partial charge on any atom is -0.593 e. The molecule has 1 aliphatic heterocycles. The Morgan fingerprint density at radius 1 is 1.32 bits per heavy atom. The molecule has 3 heterocycles. The number of H-pyrrole nitrogens is 1. The molecule has 0 bridgehead atoms. The van der Waals surface area contributed by atoms with Crippen LogP contribution in [0.5, 0.6) is 0 Å². The van der Waals surface area contributed by atoms with E-state index in [0.29, 0.717) is 5.56 Å². The number of aromatic amines is 1. The van der Waals surface area contributed by atoms with E-state index in [1.165, 1.54) is 6.07 Å².